The van der Waals surface area contributed by atoms with Crippen LogP contribution in [-0.4, -0.2) is 53.3 Å². The third-order valence-electron chi connectivity index (χ3n) is 4.41. The summed E-state index contributed by atoms with van der Waals surface area (Å²) in [6.07, 6.45) is 4.64. The van der Waals surface area contributed by atoms with Crippen LogP contribution in [0.15, 0.2) is 27.9 Å². The Morgan fingerprint density at radius 2 is 2.23 bits per heavy atom. The van der Waals surface area contributed by atoms with Crippen molar-refractivity contribution in [2.24, 2.45) is 5.92 Å². The molecule has 1 aliphatic rings. The first-order chi connectivity index (χ1) is 12.4. The quantitative estimate of drug-likeness (QED) is 0.689. The minimum Gasteiger partial charge on any atom is -0.463 e. The molecular weight excluding hydrogens is 360 g/mol. The standard InChI is InChI=1S/C16H22N4O5S/c1-12-15(13(2)25-18-12)26(22,23)20-8-3-5-14(11-20)16(21)24-10-9-19-7-4-6-17-19/h4,6-7,14H,3,5,8-11H2,1-2H3. The van der Waals surface area contributed by atoms with E-state index in [9.17, 15) is 13.2 Å². The van der Waals surface area contributed by atoms with E-state index in [-0.39, 0.29) is 29.8 Å². The maximum Gasteiger partial charge on any atom is 0.310 e. The van der Waals surface area contributed by atoms with Gasteiger partial charge in [-0.25, -0.2) is 8.42 Å². The molecule has 3 heterocycles. The predicted octanol–water partition coefficient (Wildman–Crippen LogP) is 1.13. The fourth-order valence-electron chi connectivity index (χ4n) is 3.12. The van der Waals surface area contributed by atoms with Crippen molar-refractivity contribution in [2.45, 2.75) is 38.1 Å². The van der Waals surface area contributed by atoms with Crippen molar-refractivity contribution in [3.05, 3.63) is 29.9 Å². The SMILES string of the molecule is Cc1noc(C)c1S(=O)(=O)N1CCCC(C(=O)OCCn2cccn2)C1. The Labute approximate surface area is 152 Å². The molecule has 0 aromatic carbocycles. The third kappa shape index (κ3) is 3.80. The summed E-state index contributed by atoms with van der Waals surface area (Å²) in [5, 5.41) is 7.75. The van der Waals surface area contributed by atoms with Gasteiger partial charge in [0.1, 0.15) is 17.2 Å². The van der Waals surface area contributed by atoms with Crippen LogP contribution in [0.1, 0.15) is 24.3 Å². The van der Waals surface area contributed by atoms with Gasteiger partial charge in [-0.15, -0.1) is 0 Å². The Bertz CT molecular complexity index is 840. The second-order valence-corrected chi connectivity index (χ2v) is 8.17. The molecule has 2 aromatic rings. The molecule has 0 radical (unpaired) electrons. The van der Waals surface area contributed by atoms with E-state index in [4.69, 9.17) is 9.26 Å². The lowest BCUT2D eigenvalue weighted by Crippen LogP contribution is -2.43. The van der Waals surface area contributed by atoms with Crippen molar-refractivity contribution in [1.29, 1.82) is 0 Å². The molecule has 142 valence electrons. The summed E-state index contributed by atoms with van der Waals surface area (Å²) >= 11 is 0. The summed E-state index contributed by atoms with van der Waals surface area (Å²) in [7, 11) is -3.75. The molecule has 9 nitrogen and oxygen atoms in total. The average Bonchev–Trinajstić information content (AvgIpc) is 3.25. The van der Waals surface area contributed by atoms with Crippen LogP contribution in [0.2, 0.25) is 0 Å². The van der Waals surface area contributed by atoms with Gasteiger partial charge in [-0.3, -0.25) is 9.48 Å². The van der Waals surface area contributed by atoms with Gasteiger partial charge in [0.25, 0.3) is 0 Å². The Morgan fingerprint density at radius 3 is 2.88 bits per heavy atom. The predicted molar refractivity (Wildman–Crippen MR) is 90.6 cm³/mol. The average molecular weight is 382 g/mol. The minimum absolute atomic E-state index is 0.0881. The molecule has 1 unspecified atom stereocenters. The van der Waals surface area contributed by atoms with Crippen LogP contribution >= 0.6 is 0 Å². The molecule has 1 fully saturated rings. The number of carbonyl (C=O) groups excluding carboxylic acids is 1. The van der Waals surface area contributed by atoms with E-state index in [0.29, 0.717) is 31.6 Å². The number of hydrogen-bond donors (Lipinski definition) is 0. The number of rotatable bonds is 6. The van der Waals surface area contributed by atoms with Crippen molar-refractivity contribution < 1.29 is 22.5 Å². The summed E-state index contributed by atoms with van der Waals surface area (Å²) in [6.45, 7) is 4.29. The minimum atomic E-state index is -3.75. The summed E-state index contributed by atoms with van der Waals surface area (Å²) < 4.78 is 39.1. The van der Waals surface area contributed by atoms with E-state index in [0.717, 1.165) is 0 Å². The van der Waals surface area contributed by atoms with Crippen LogP contribution in [0.5, 0.6) is 0 Å². The van der Waals surface area contributed by atoms with Crippen LogP contribution in [0.4, 0.5) is 0 Å². The molecule has 1 atom stereocenters. The zero-order valence-corrected chi connectivity index (χ0v) is 15.6. The van der Waals surface area contributed by atoms with Gasteiger partial charge in [0, 0.05) is 25.5 Å². The number of carbonyl (C=O) groups is 1. The molecule has 0 spiro atoms. The highest BCUT2D eigenvalue weighted by atomic mass is 32.2. The third-order valence-corrected chi connectivity index (χ3v) is 6.52. The Hall–Kier alpha value is -2.20. The molecule has 1 saturated heterocycles. The maximum atomic E-state index is 12.9. The van der Waals surface area contributed by atoms with Crippen molar-refractivity contribution in [3.63, 3.8) is 0 Å². The van der Waals surface area contributed by atoms with Crippen LogP contribution in [0, 0.1) is 19.8 Å². The largest absolute Gasteiger partial charge is 0.463 e. The Morgan fingerprint density at radius 1 is 1.42 bits per heavy atom. The Balaban J connectivity index is 1.62. The number of ether oxygens (including phenoxy) is 1. The summed E-state index contributed by atoms with van der Waals surface area (Å²) in [5.41, 5.74) is 0.325. The zero-order valence-electron chi connectivity index (χ0n) is 14.8. The van der Waals surface area contributed by atoms with Gasteiger partial charge in [0.2, 0.25) is 10.0 Å². The molecule has 0 N–H and O–H groups in total. The molecule has 3 rings (SSSR count). The van der Waals surface area contributed by atoms with Crippen LogP contribution in [-0.2, 0) is 26.1 Å². The number of hydrogen-bond acceptors (Lipinski definition) is 7. The van der Waals surface area contributed by atoms with E-state index < -0.39 is 15.9 Å². The molecule has 0 bridgehead atoms. The molecule has 1 aliphatic heterocycles. The van der Waals surface area contributed by atoms with Gasteiger partial charge in [0.05, 0.1) is 12.5 Å². The highest BCUT2D eigenvalue weighted by Crippen LogP contribution is 2.28. The summed E-state index contributed by atoms with van der Waals surface area (Å²) in [6, 6.07) is 1.79. The smallest absolute Gasteiger partial charge is 0.310 e. The van der Waals surface area contributed by atoms with Crippen LogP contribution < -0.4 is 0 Å². The molecular formula is C16H22N4O5S. The first-order valence-electron chi connectivity index (χ1n) is 8.46. The molecule has 10 heteroatoms. The van der Waals surface area contributed by atoms with Crippen molar-refractivity contribution >= 4 is 16.0 Å². The number of nitrogens with zero attached hydrogens (tertiary/aromatic N) is 4. The summed E-state index contributed by atoms with van der Waals surface area (Å²) in [4.78, 5) is 12.4. The van der Waals surface area contributed by atoms with E-state index in [1.807, 2.05) is 0 Å². The first-order valence-corrected chi connectivity index (χ1v) is 9.90. The zero-order chi connectivity index (χ0) is 18.7. The topological polar surface area (TPSA) is 108 Å². The highest BCUT2D eigenvalue weighted by Gasteiger charge is 2.37. The maximum absolute atomic E-state index is 12.9. The summed E-state index contributed by atoms with van der Waals surface area (Å²) in [5.74, 6) is -0.598. The lowest BCUT2D eigenvalue weighted by molar-refractivity contribution is -0.150. The van der Waals surface area contributed by atoms with Gasteiger partial charge in [-0.05, 0) is 32.8 Å². The lowest BCUT2D eigenvalue weighted by Gasteiger charge is -2.30. The van der Waals surface area contributed by atoms with E-state index in [1.165, 1.54) is 4.31 Å². The van der Waals surface area contributed by atoms with Crippen molar-refractivity contribution in [1.82, 2.24) is 19.2 Å². The molecule has 0 saturated carbocycles. The van der Waals surface area contributed by atoms with Gasteiger partial charge < -0.3 is 9.26 Å². The normalized spacial score (nSPS) is 18.8. The van der Waals surface area contributed by atoms with E-state index in [1.54, 1.807) is 37.0 Å². The van der Waals surface area contributed by atoms with Crippen molar-refractivity contribution in [3.8, 4) is 0 Å². The number of sulfonamides is 1. The van der Waals surface area contributed by atoms with E-state index in [2.05, 4.69) is 10.3 Å². The molecule has 0 aliphatic carbocycles. The second-order valence-electron chi connectivity index (χ2n) is 6.29. The van der Waals surface area contributed by atoms with Gasteiger partial charge in [0.15, 0.2) is 5.76 Å². The second kappa shape index (κ2) is 7.58. The number of aromatic nitrogens is 3. The number of aryl methyl sites for hydroxylation is 2. The van der Waals surface area contributed by atoms with Crippen molar-refractivity contribution in [2.75, 3.05) is 19.7 Å². The number of piperidine rings is 1. The molecule has 0 amide bonds. The fraction of sp³-hybridized carbons (Fsp3) is 0.562. The van der Waals surface area contributed by atoms with Crippen LogP contribution in [0.3, 0.4) is 0 Å². The molecule has 26 heavy (non-hydrogen) atoms. The monoisotopic (exact) mass is 382 g/mol. The van der Waals surface area contributed by atoms with Gasteiger partial charge in [-0.2, -0.15) is 9.40 Å². The highest BCUT2D eigenvalue weighted by molar-refractivity contribution is 7.89. The Kier molecular flexibility index (Phi) is 5.42. The fourth-order valence-corrected chi connectivity index (χ4v) is 4.93. The first kappa shape index (κ1) is 18.6. The van der Waals surface area contributed by atoms with E-state index >= 15 is 0 Å². The van der Waals surface area contributed by atoms with Gasteiger partial charge in [-0.1, -0.05) is 5.16 Å². The molecule has 2 aromatic heterocycles. The lowest BCUT2D eigenvalue weighted by atomic mass is 10.0. The van der Waals surface area contributed by atoms with Gasteiger partial charge >= 0.3 is 5.97 Å². The number of esters is 1. The van der Waals surface area contributed by atoms with Crippen LogP contribution in [0.25, 0.3) is 0 Å².